The van der Waals surface area contributed by atoms with Gasteiger partial charge in [0.05, 0.1) is 17.7 Å². The summed E-state index contributed by atoms with van der Waals surface area (Å²) in [6, 6.07) is 13.5. The number of para-hydroxylation sites is 3. The van der Waals surface area contributed by atoms with Gasteiger partial charge in [0.1, 0.15) is 17.9 Å². The summed E-state index contributed by atoms with van der Waals surface area (Å²) in [5.41, 5.74) is 2.87. The maximum absolute atomic E-state index is 13.3. The molecular weight excluding hydrogens is 328 g/mol. The molecule has 2 aliphatic heterocycles. The molecule has 0 aliphatic carbocycles. The Bertz CT molecular complexity index is 1120. The van der Waals surface area contributed by atoms with E-state index in [4.69, 9.17) is 4.74 Å². The van der Waals surface area contributed by atoms with Crippen LogP contribution in [0.25, 0.3) is 10.9 Å². The molecule has 3 aromatic rings. The predicted octanol–water partition coefficient (Wildman–Crippen LogP) is 3.16. The summed E-state index contributed by atoms with van der Waals surface area (Å²) in [6.07, 6.45) is 2.63. The summed E-state index contributed by atoms with van der Waals surface area (Å²) in [6.45, 7) is 2.97. The van der Waals surface area contributed by atoms with Gasteiger partial charge in [-0.2, -0.15) is 0 Å². The molecule has 0 radical (unpaired) electrons. The molecule has 0 saturated carbocycles. The minimum absolute atomic E-state index is 0.193. The Morgan fingerprint density at radius 3 is 2.88 bits per heavy atom. The van der Waals surface area contributed by atoms with E-state index in [1.54, 1.807) is 11.1 Å². The molecule has 1 atom stereocenters. The molecule has 5 heteroatoms. The van der Waals surface area contributed by atoms with Crippen molar-refractivity contribution < 1.29 is 9.53 Å². The lowest BCUT2D eigenvalue weighted by molar-refractivity contribution is 0.0975. The van der Waals surface area contributed by atoms with Gasteiger partial charge in [-0.25, -0.2) is 0 Å². The van der Waals surface area contributed by atoms with Crippen LogP contribution in [0.15, 0.2) is 53.5 Å². The smallest absolute Gasteiger partial charge is 0.263 e. The second kappa shape index (κ2) is 5.46. The number of aromatic nitrogens is 1. The number of anilines is 1. The van der Waals surface area contributed by atoms with Gasteiger partial charge in [-0.15, -0.1) is 0 Å². The number of hydrogen-bond donors (Lipinski definition) is 0. The molecule has 2 aromatic carbocycles. The minimum Gasteiger partial charge on any atom is -0.490 e. The van der Waals surface area contributed by atoms with Gasteiger partial charge in [-0.1, -0.05) is 24.3 Å². The van der Waals surface area contributed by atoms with Crippen molar-refractivity contribution in [2.24, 2.45) is 0 Å². The zero-order chi connectivity index (χ0) is 17.8. The number of pyridine rings is 1. The van der Waals surface area contributed by atoms with Crippen molar-refractivity contribution in [2.75, 3.05) is 18.1 Å². The van der Waals surface area contributed by atoms with E-state index in [2.05, 4.69) is 17.6 Å². The molecule has 2 aliphatic rings. The first-order valence-electron chi connectivity index (χ1n) is 8.85. The Labute approximate surface area is 150 Å². The number of benzene rings is 2. The Morgan fingerprint density at radius 1 is 1.15 bits per heavy atom. The first-order valence-corrected chi connectivity index (χ1v) is 8.85. The molecule has 0 fully saturated rings. The third kappa shape index (κ3) is 2.03. The van der Waals surface area contributed by atoms with Crippen LogP contribution in [0, 0.1) is 0 Å². The fourth-order valence-corrected chi connectivity index (χ4v) is 4.09. The zero-order valence-corrected chi connectivity index (χ0v) is 14.4. The van der Waals surface area contributed by atoms with Gasteiger partial charge in [0.25, 0.3) is 5.91 Å². The maximum Gasteiger partial charge on any atom is 0.263 e. The third-order valence-corrected chi connectivity index (χ3v) is 5.33. The summed E-state index contributed by atoms with van der Waals surface area (Å²) < 4.78 is 7.71. The van der Waals surface area contributed by atoms with E-state index in [9.17, 15) is 9.59 Å². The van der Waals surface area contributed by atoms with Gasteiger partial charge in [0, 0.05) is 17.6 Å². The number of carbonyl (C=O) groups is 1. The van der Waals surface area contributed by atoms with Crippen LogP contribution in [-0.4, -0.2) is 23.6 Å². The highest BCUT2D eigenvalue weighted by Crippen LogP contribution is 2.34. The van der Waals surface area contributed by atoms with E-state index in [-0.39, 0.29) is 22.9 Å². The van der Waals surface area contributed by atoms with Crippen molar-refractivity contribution in [2.45, 2.75) is 19.4 Å². The van der Waals surface area contributed by atoms with Gasteiger partial charge < -0.3 is 14.2 Å². The fraction of sp³-hybridized carbons (Fsp3) is 0.238. The second-order valence-corrected chi connectivity index (χ2v) is 6.92. The van der Waals surface area contributed by atoms with Crippen molar-refractivity contribution in [3.05, 3.63) is 70.0 Å². The van der Waals surface area contributed by atoms with Gasteiger partial charge >= 0.3 is 0 Å². The van der Waals surface area contributed by atoms with Gasteiger partial charge in [-0.3, -0.25) is 9.59 Å². The molecule has 5 rings (SSSR count). The monoisotopic (exact) mass is 346 g/mol. The first kappa shape index (κ1) is 15.2. The van der Waals surface area contributed by atoms with Crippen LogP contribution in [0.5, 0.6) is 5.75 Å². The number of nitrogens with zero attached hydrogens (tertiary/aromatic N) is 2. The van der Waals surface area contributed by atoms with Crippen molar-refractivity contribution in [3.63, 3.8) is 0 Å². The third-order valence-electron chi connectivity index (χ3n) is 5.33. The largest absolute Gasteiger partial charge is 0.490 e. The summed E-state index contributed by atoms with van der Waals surface area (Å²) >= 11 is 0. The lowest BCUT2D eigenvalue weighted by Crippen LogP contribution is -2.40. The number of carbonyl (C=O) groups excluding carboxylic acids is 1. The summed E-state index contributed by atoms with van der Waals surface area (Å²) in [5, 5.41) is 0.624. The minimum atomic E-state index is -0.263. The lowest BCUT2D eigenvalue weighted by atomic mass is 10.1. The molecule has 0 spiro atoms. The highest BCUT2D eigenvalue weighted by Gasteiger charge is 2.29. The topological polar surface area (TPSA) is 51.5 Å². The van der Waals surface area contributed by atoms with Gasteiger partial charge in [0.2, 0.25) is 5.43 Å². The molecule has 3 heterocycles. The van der Waals surface area contributed by atoms with Crippen molar-refractivity contribution in [1.82, 2.24) is 4.57 Å². The van der Waals surface area contributed by atoms with Crippen LogP contribution in [0.1, 0.15) is 28.9 Å². The Kier molecular flexibility index (Phi) is 3.19. The average molecular weight is 346 g/mol. The molecule has 1 amide bonds. The number of hydrogen-bond acceptors (Lipinski definition) is 3. The highest BCUT2D eigenvalue weighted by molar-refractivity contribution is 6.08. The standard InChI is InChI=1S/C21H18N2O3/c1-13-11-14-5-4-6-15-19(14)23(13)12-16(20(15)24)21(25)22-9-10-26-18-8-3-2-7-17(18)22/h2-8,12-13H,9-11H2,1H3/t13-/m1/s1. The van der Waals surface area contributed by atoms with Gasteiger partial charge in [0.15, 0.2) is 0 Å². The Balaban J connectivity index is 1.69. The fourth-order valence-electron chi connectivity index (χ4n) is 4.09. The number of rotatable bonds is 1. The molecule has 1 aromatic heterocycles. The van der Waals surface area contributed by atoms with Crippen LogP contribution < -0.4 is 15.1 Å². The van der Waals surface area contributed by atoms with E-state index in [0.29, 0.717) is 30.0 Å². The van der Waals surface area contributed by atoms with Crippen molar-refractivity contribution in [1.29, 1.82) is 0 Å². The lowest BCUT2D eigenvalue weighted by Gasteiger charge is -2.29. The SMILES string of the molecule is C[C@@H]1Cc2cccc3c(=O)c(C(=O)N4CCOc5ccccc54)cn1c23. The van der Waals surface area contributed by atoms with E-state index in [0.717, 1.165) is 11.9 Å². The number of fused-ring (bicyclic) bond motifs is 1. The highest BCUT2D eigenvalue weighted by atomic mass is 16.5. The van der Waals surface area contributed by atoms with Crippen LogP contribution in [0.3, 0.4) is 0 Å². The van der Waals surface area contributed by atoms with Crippen molar-refractivity contribution in [3.8, 4) is 5.75 Å². The maximum atomic E-state index is 13.3. The van der Waals surface area contributed by atoms with E-state index in [1.807, 2.05) is 36.4 Å². The van der Waals surface area contributed by atoms with E-state index < -0.39 is 0 Å². The zero-order valence-electron chi connectivity index (χ0n) is 14.4. The molecule has 130 valence electrons. The number of amides is 1. The summed E-state index contributed by atoms with van der Waals surface area (Å²) in [7, 11) is 0. The second-order valence-electron chi connectivity index (χ2n) is 6.92. The molecule has 26 heavy (non-hydrogen) atoms. The summed E-state index contributed by atoms with van der Waals surface area (Å²) in [4.78, 5) is 28.0. The summed E-state index contributed by atoms with van der Waals surface area (Å²) in [5.74, 6) is 0.411. The van der Waals surface area contributed by atoms with Crippen LogP contribution in [-0.2, 0) is 6.42 Å². The quantitative estimate of drug-likeness (QED) is 0.680. The van der Waals surface area contributed by atoms with E-state index >= 15 is 0 Å². The van der Waals surface area contributed by atoms with Gasteiger partial charge in [-0.05, 0) is 37.1 Å². The van der Waals surface area contributed by atoms with Crippen LogP contribution in [0.2, 0.25) is 0 Å². The first-order chi connectivity index (χ1) is 12.6. The molecular formula is C21H18N2O3. The molecule has 0 unspecified atom stereocenters. The molecule has 5 nitrogen and oxygen atoms in total. The Hall–Kier alpha value is -3.08. The normalized spacial score (nSPS) is 17.9. The van der Waals surface area contributed by atoms with Crippen LogP contribution >= 0.6 is 0 Å². The predicted molar refractivity (Wildman–Crippen MR) is 100 cm³/mol. The van der Waals surface area contributed by atoms with Crippen LogP contribution in [0.4, 0.5) is 5.69 Å². The van der Waals surface area contributed by atoms with Crippen molar-refractivity contribution >= 4 is 22.5 Å². The molecule has 0 N–H and O–H groups in total. The number of ether oxygens (including phenoxy) is 1. The Morgan fingerprint density at radius 2 is 2.00 bits per heavy atom. The molecule has 0 bridgehead atoms. The van der Waals surface area contributed by atoms with E-state index in [1.165, 1.54) is 5.56 Å². The average Bonchev–Trinajstić information content (AvgIpc) is 2.99. The molecule has 0 saturated heterocycles.